The number of anilines is 8. The molecule has 376 valence electrons. The lowest BCUT2D eigenvalue weighted by atomic mass is 9.74. The first-order valence-corrected chi connectivity index (χ1v) is 29.8. The van der Waals surface area contributed by atoms with Gasteiger partial charge in [-0.2, -0.15) is 0 Å². The van der Waals surface area contributed by atoms with Crippen LogP contribution in [-0.2, 0) is 5.41 Å². The highest BCUT2D eigenvalue weighted by Crippen LogP contribution is 2.49. The molecule has 0 aromatic heterocycles. The quantitative estimate of drug-likeness (QED) is 0.140. The Morgan fingerprint density at radius 2 is 0.597 bits per heavy atom. The summed E-state index contributed by atoms with van der Waals surface area (Å²) in [6, 6.07) is 68.2. The molecule has 5 nitrogen and oxygen atoms in total. The Hall–Kier alpha value is -6.67. The fourth-order valence-electron chi connectivity index (χ4n) is 9.51. The van der Waals surface area contributed by atoms with Gasteiger partial charge in [-0.1, -0.05) is 215 Å². The molecule has 0 bridgehead atoms. The van der Waals surface area contributed by atoms with Crippen LogP contribution in [0.1, 0.15) is 80.4 Å². The first-order valence-electron chi connectivity index (χ1n) is 26.0. The zero-order valence-corrected chi connectivity index (χ0v) is 47.9. The van der Waals surface area contributed by atoms with Crippen molar-refractivity contribution in [3.8, 4) is 11.5 Å². The van der Waals surface area contributed by atoms with Crippen LogP contribution in [0.3, 0.4) is 0 Å². The molecule has 8 aromatic carbocycles. The Labute approximate surface area is 440 Å². The number of fused-ring (bicyclic) bond motifs is 8. The van der Waals surface area contributed by atoms with Crippen LogP contribution in [0.2, 0.25) is 13.1 Å². The third-order valence-corrected chi connectivity index (χ3v) is 17.8. The van der Waals surface area contributed by atoms with Crippen molar-refractivity contribution in [1.82, 2.24) is 0 Å². The second-order valence-corrected chi connectivity index (χ2v) is 23.0. The third-order valence-electron chi connectivity index (χ3n) is 13.1. The molecule has 0 saturated carbocycles. The monoisotopic (exact) mass is 993 g/mol. The number of nitrogens with zero attached hydrogens (tertiary/aromatic N) is 4. The van der Waals surface area contributed by atoms with Crippen LogP contribution < -0.4 is 34.7 Å². The molecule has 8 aromatic rings. The zero-order valence-electron chi connectivity index (χ0n) is 46.1. The Morgan fingerprint density at radius 1 is 0.333 bits per heavy atom. The number of rotatable bonds is 0. The maximum atomic E-state index is 5.81. The summed E-state index contributed by atoms with van der Waals surface area (Å²) in [6.07, 6.45) is 0. The number of ether oxygens (including phenoxy) is 1. The van der Waals surface area contributed by atoms with E-state index in [-0.39, 0.29) is 5.41 Å². The van der Waals surface area contributed by atoms with Gasteiger partial charge in [-0.3, -0.25) is 0 Å². The van der Waals surface area contributed by atoms with Gasteiger partial charge in [-0.15, -0.1) is 0 Å². The molecule has 0 radical (unpaired) electrons. The van der Waals surface area contributed by atoms with Crippen LogP contribution in [0, 0.1) is 0 Å². The molecule has 12 rings (SSSR count). The van der Waals surface area contributed by atoms with E-state index >= 15 is 0 Å². The van der Waals surface area contributed by atoms with E-state index in [0.29, 0.717) is 0 Å². The molecule has 0 aliphatic carbocycles. The fourth-order valence-corrected chi connectivity index (χ4v) is 13.8. The first kappa shape index (κ1) is 56.2. The molecule has 0 N–H and O–H groups in total. The van der Waals surface area contributed by atoms with Gasteiger partial charge >= 0.3 is 0 Å². The molecular weight excluding hydrogens is 913 g/mol. The summed E-state index contributed by atoms with van der Waals surface area (Å²) >= 11 is 1.84. The number of para-hydroxylation sites is 10. The lowest BCUT2D eigenvalue weighted by Crippen LogP contribution is -2.58. The maximum absolute atomic E-state index is 5.81. The topological polar surface area (TPSA) is 22.2 Å². The summed E-state index contributed by atoms with van der Waals surface area (Å²) in [5.41, 5.74) is 13.1. The Balaban J connectivity index is 0.000000170. The van der Waals surface area contributed by atoms with Crippen molar-refractivity contribution in [2.75, 3.05) is 47.8 Å². The largest absolute Gasteiger partial charge is 0.453 e. The lowest BCUT2D eigenvalue weighted by molar-refractivity contribution is 0.475. The summed E-state index contributed by atoms with van der Waals surface area (Å²) in [4.78, 5) is 11.7. The normalized spacial score (nSPS) is 13.4. The summed E-state index contributed by atoms with van der Waals surface area (Å²) in [7, 11) is 6.98. The second kappa shape index (κ2) is 26.1. The minimum absolute atomic E-state index is 0.0830. The van der Waals surface area contributed by atoms with Crippen LogP contribution in [0.15, 0.2) is 204 Å². The van der Waals surface area contributed by atoms with Gasteiger partial charge in [-0.25, -0.2) is 0 Å². The van der Waals surface area contributed by atoms with Crippen LogP contribution in [-0.4, -0.2) is 36.3 Å². The van der Waals surface area contributed by atoms with Gasteiger partial charge in [0.15, 0.2) is 11.5 Å². The van der Waals surface area contributed by atoms with E-state index in [1.165, 1.54) is 55.0 Å². The smallest absolute Gasteiger partial charge is 0.151 e. The van der Waals surface area contributed by atoms with Gasteiger partial charge < -0.3 is 24.3 Å². The molecule has 0 atom stereocenters. The molecule has 4 aliphatic heterocycles. The van der Waals surface area contributed by atoms with Gasteiger partial charge in [-0.05, 0) is 94.3 Å². The van der Waals surface area contributed by atoms with E-state index in [1.54, 1.807) is 10.4 Å². The van der Waals surface area contributed by atoms with Crippen molar-refractivity contribution in [2.24, 2.45) is 0 Å². The molecule has 0 unspecified atom stereocenters. The Bertz CT molecular complexity index is 2580. The van der Waals surface area contributed by atoms with Gasteiger partial charge in [0.1, 0.15) is 8.07 Å². The standard InChI is InChI=1S/C16H17N.C15H17NSi.C13H11NO.C13H11NS.4C2H6/c1-16(2)12-8-4-6-10-14(12)17(3)15-11-7-5-9-13(15)16;1-16-12-8-4-6-10-14(12)17(2,3)15-11-7-5-9-13(15)16;2*1-14-10-6-2-4-8-12(10)15-13-9-5-3-7-11(13)14;4*1-2/h2*4-11H,1-3H3;2*2-9H,1H3;4*1-2H3. The lowest BCUT2D eigenvalue weighted by Gasteiger charge is -2.40. The maximum Gasteiger partial charge on any atom is 0.151 e. The molecule has 7 heteroatoms. The minimum Gasteiger partial charge on any atom is -0.453 e. The van der Waals surface area contributed by atoms with Crippen LogP contribution >= 0.6 is 11.8 Å². The number of hydrogen-bond donors (Lipinski definition) is 0. The van der Waals surface area contributed by atoms with E-state index in [2.05, 4.69) is 232 Å². The highest BCUT2D eigenvalue weighted by Gasteiger charge is 2.37. The summed E-state index contributed by atoms with van der Waals surface area (Å²) in [5, 5.41) is 3.09. The highest BCUT2D eigenvalue weighted by atomic mass is 32.2. The molecule has 0 spiro atoms. The van der Waals surface area contributed by atoms with Crippen LogP contribution in [0.4, 0.5) is 45.5 Å². The average Bonchev–Trinajstić information content (AvgIpc) is 3.45. The molecule has 4 heterocycles. The molecular formula is C65H80N4OSSi. The highest BCUT2D eigenvalue weighted by molar-refractivity contribution is 7.99. The zero-order chi connectivity index (χ0) is 52.6. The van der Waals surface area contributed by atoms with Crippen LogP contribution in [0.5, 0.6) is 11.5 Å². The van der Waals surface area contributed by atoms with Crippen LogP contribution in [0.25, 0.3) is 0 Å². The summed E-state index contributed by atoms with van der Waals surface area (Å²) < 4.78 is 5.81. The molecule has 0 amide bonds. The second-order valence-electron chi connectivity index (χ2n) is 17.6. The third kappa shape index (κ3) is 11.6. The van der Waals surface area contributed by atoms with E-state index in [1.807, 2.05) is 104 Å². The van der Waals surface area contributed by atoms with E-state index in [9.17, 15) is 0 Å². The molecule has 0 saturated heterocycles. The van der Waals surface area contributed by atoms with Crippen molar-refractivity contribution in [2.45, 2.75) is 97.5 Å². The van der Waals surface area contributed by atoms with Crippen molar-refractivity contribution >= 4 is 75.7 Å². The van der Waals surface area contributed by atoms with Gasteiger partial charge in [0.05, 0.1) is 22.7 Å². The van der Waals surface area contributed by atoms with Gasteiger partial charge in [0, 0.05) is 66.1 Å². The molecule has 4 aliphatic rings. The average molecular weight is 994 g/mol. The van der Waals surface area contributed by atoms with Crippen molar-refractivity contribution in [3.05, 3.63) is 205 Å². The number of hydrogen-bond acceptors (Lipinski definition) is 6. The van der Waals surface area contributed by atoms with Gasteiger partial charge in [0.2, 0.25) is 0 Å². The summed E-state index contributed by atoms with van der Waals surface area (Å²) in [6.45, 7) is 25.5. The Kier molecular flexibility index (Phi) is 20.4. The van der Waals surface area contributed by atoms with Crippen molar-refractivity contribution < 1.29 is 4.74 Å². The number of benzene rings is 8. The Morgan fingerprint density at radius 3 is 1.00 bits per heavy atom. The molecule has 0 fully saturated rings. The predicted octanol–water partition coefficient (Wildman–Crippen LogP) is 18.3. The molecule has 72 heavy (non-hydrogen) atoms. The van der Waals surface area contributed by atoms with Crippen molar-refractivity contribution in [1.29, 1.82) is 0 Å². The predicted molar refractivity (Wildman–Crippen MR) is 322 cm³/mol. The van der Waals surface area contributed by atoms with E-state index < -0.39 is 8.07 Å². The SMILES string of the molecule is CC.CC.CC.CC.CN1c2ccccc2C(C)(C)c2ccccc21.CN1c2ccccc2Oc2ccccc21.CN1c2ccccc2Sc2ccccc21.CN1c2ccccc2[Si](C)(C)c2ccccc21. The fraction of sp³-hybridized carbons (Fsp3) is 0.262. The van der Waals surface area contributed by atoms with E-state index in [0.717, 1.165) is 22.9 Å². The van der Waals surface area contributed by atoms with E-state index in [4.69, 9.17) is 4.74 Å². The first-order chi connectivity index (χ1) is 35.0. The summed E-state index contributed by atoms with van der Waals surface area (Å²) in [5.74, 6) is 1.83. The van der Waals surface area contributed by atoms with Gasteiger partial charge in [0.25, 0.3) is 0 Å². The minimum atomic E-state index is -1.52. The van der Waals surface area contributed by atoms with Crippen molar-refractivity contribution in [3.63, 3.8) is 0 Å².